The number of imidazole rings is 1. The minimum atomic E-state index is -3.50. The zero-order valence-corrected chi connectivity index (χ0v) is 18.8. The monoisotopic (exact) mass is 437 g/mol. The lowest BCUT2D eigenvalue weighted by atomic mass is 10.1. The normalized spacial score (nSPS) is 11.9. The molecule has 160 valence electrons. The van der Waals surface area contributed by atoms with Gasteiger partial charge in [-0.05, 0) is 41.5 Å². The van der Waals surface area contributed by atoms with E-state index < -0.39 is 10.0 Å². The third kappa shape index (κ3) is 4.04. The molecule has 0 aliphatic rings. The Morgan fingerprint density at radius 1 is 1.06 bits per heavy atom. The van der Waals surface area contributed by atoms with Crippen molar-refractivity contribution in [3.05, 3.63) is 72.7 Å². The second-order valence-electron chi connectivity index (χ2n) is 7.58. The predicted octanol–water partition coefficient (Wildman–Crippen LogP) is 2.84. The number of pyridine rings is 1. The van der Waals surface area contributed by atoms with Crippen molar-refractivity contribution < 1.29 is 17.7 Å². The SMILES string of the molecule is COc1ccc(C[n+]2cn(C)c3cc(-c4cccc(S(=O)(=O)N(C)C)c4)cnc32)cc1. The Kier molecular flexibility index (Phi) is 5.51. The number of hydrogen-bond acceptors (Lipinski definition) is 4. The Balaban J connectivity index is 1.70. The summed E-state index contributed by atoms with van der Waals surface area (Å²) in [6.45, 7) is 0.685. The van der Waals surface area contributed by atoms with Crippen LogP contribution in [-0.4, -0.2) is 43.5 Å². The zero-order chi connectivity index (χ0) is 22.2. The Bertz CT molecular complexity index is 1340. The molecule has 0 fully saturated rings. The van der Waals surface area contributed by atoms with Crippen molar-refractivity contribution in [2.24, 2.45) is 7.05 Å². The lowest BCUT2D eigenvalue weighted by Gasteiger charge is -2.12. The molecule has 4 aromatic rings. The first kappa shape index (κ1) is 21.0. The van der Waals surface area contributed by atoms with Gasteiger partial charge in [0.1, 0.15) is 11.9 Å². The third-order valence-corrected chi connectivity index (χ3v) is 7.08. The van der Waals surface area contributed by atoms with Crippen molar-refractivity contribution in [1.82, 2.24) is 13.9 Å². The average Bonchev–Trinajstić information content (AvgIpc) is 3.09. The lowest BCUT2D eigenvalue weighted by Crippen LogP contribution is -2.33. The van der Waals surface area contributed by atoms with Gasteiger partial charge in [0.25, 0.3) is 0 Å². The highest BCUT2D eigenvalue weighted by molar-refractivity contribution is 7.89. The van der Waals surface area contributed by atoms with Crippen molar-refractivity contribution in [2.45, 2.75) is 11.4 Å². The predicted molar refractivity (Wildman–Crippen MR) is 119 cm³/mol. The van der Waals surface area contributed by atoms with Crippen molar-refractivity contribution >= 4 is 21.2 Å². The van der Waals surface area contributed by atoms with E-state index in [0.717, 1.165) is 33.6 Å². The van der Waals surface area contributed by atoms with Gasteiger partial charge in [-0.25, -0.2) is 17.3 Å². The van der Waals surface area contributed by atoms with Gasteiger partial charge >= 0.3 is 5.65 Å². The van der Waals surface area contributed by atoms with Gasteiger partial charge in [0.15, 0.2) is 11.8 Å². The Morgan fingerprint density at radius 2 is 1.81 bits per heavy atom. The number of benzene rings is 2. The van der Waals surface area contributed by atoms with E-state index >= 15 is 0 Å². The molecular formula is C23H25N4O3S+. The first-order valence-electron chi connectivity index (χ1n) is 9.80. The highest BCUT2D eigenvalue weighted by atomic mass is 32.2. The van der Waals surface area contributed by atoms with Crippen LogP contribution in [0.25, 0.3) is 22.3 Å². The molecule has 8 heteroatoms. The molecule has 0 radical (unpaired) electrons. The van der Waals surface area contributed by atoms with Gasteiger partial charge in [-0.2, -0.15) is 0 Å². The van der Waals surface area contributed by atoms with E-state index in [4.69, 9.17) is 9.72 Å². The van der Waals surface area contributed by atoms with Crippen molar-refractivity contribution in [2.75, 3.05) is 21.2 Å². The molecule has 31 heavy (non-hydrogen) atoms. The largest absolute Gasteiger partial charge is 0.497 e. The van der Waals surface area contributed by atoms with E-state index in [1.54, 1.807) is 31.5 Å². The smallest absolute Gasteiger partial charge is 0.301 e. The maximum atomic E-state index is 12.5. The lowest BCUT2D eigenvalue weighted by molar-refractivity contribution is -0.665. The molecule has 7 nitrogen and oxygen atoms in total. The molecule has 0 aliphatic heterocycles. The number of methoxy groups -OCH3 is 1. The molecule has 0 N–H and O–H groups in total. The summed E-state index contributed by atoms with van der Waals surface area (Å²) in [7, 11) is 3.19. The molecule has 0 unspecified atom stereocenters. The van der Waals surface area contributed by atoms with Gasteiger partial charge in [-0.1, -0.05) is 24.3 Å². The van der Waals surface area contributed by atoms with Crippen molar-refractivity contribution in [1.29, 1.82) is 0 Å². The minimum absolute atomic E-state index is 0.261. The molecule has 0 atom stereocenters. The second-order valence-corrected chi connectivity index (χ2v) is 9.74. The molecule has 0 spiro atoms. The summed E-state index contributed by atoms with van der Waals surface area (Å²) in [5, 5.41) is 0. The molecular weight excluding hydrogens is 412 g/mol. The van der Waals surface area contributed by atoms with Gasteiger partial charge in [-0.15, -0.1) is 4.98 Å². The van der Waals surface area contributed by atoms with Crippen LogP contribution in [0, 0.1) is 0 Å². The summed E-state index contributed by atoms with van der Waals surface area (Å²) in [4.78, 5) is 4.95. The quantitative estimate of drug-likeness (QED) is 0.435. The zero-order valence-electron chi connectivity index (χ0n) is 18.0. The summed E-state index contributed by atoms with van der Waals surface area (Å²) in [5.41, 5.74) is 4.64. The third-order valence-electron chi connectivity index (χ3n) is 5.27. The van der Waals surface area contributed by atoms with Gasteiger partial charge in [0.05, 0.1) is 25.6 Å². The summed E-state index contributed by atoms with van der Waals surface area (Å²) < 4.78 is 35.5. The van der Waals surface area contributed by atoms with Crippen LogP contribution in [0.15, 0.2) is 72.0 Å². The number of sulfonamides is 1. The fourth-order valence-electron chi connectivity index (χ4n) is 3.50. The van der Waals surface area contributed by atoms with Crippen LogP contribution in [0.2, 0.25) is 0 Å². The van der Waals surface area contributed by atoms with Gasteiger partial charge < -0.3 is 4.74 Å². The van der Waals surface area contributed by atoms with Crippen LogP contribution in [0.4, 0.5) is 0 Å². The van der Waals surface area contributed by atoms with Crippen LogP contribution in [0.3, 0.4) is 0 Å². The maximum Gasteiger partial charge on any atom is 0.301 e. The van der Waals surface area contributed by atoms with Crippen molar-refractivity contribution in [3.8, 4) is 16.9 Å². The Morgan fingerprint density at radius 3 is 2.48 bits per heavy atom. The van der Waals surface area contributed by atoms with Crippen LogP contribution in [0.1, 0.15) is 5.56 Å². The van der Waals surface area contributed by atoms with E-state index in [9.17, 15) is 8.42 Å². The van der Waals surface area contributed by atoms with E-state index in [1.807, 2.05) is 54.3 Å². The van der Waals surface area contributed by atoms with Crippen LogP contribution in [-0.2, 0) is 23.6 Å². The topological polar surface area (TPSA) is 68.3 Å². The number of ether oxygens (including phenoxy) is 1. The summed E-state index contributed by atoms with van der Waals surface area (Å²) >= 11 is 0. The Hall–Kier alpha value is -3.23. The standard InChI is InChI=1S/C23H25N4O3S/c1-25(2)31(28,29)21-7-5-6-18(12-21)19-13-22-23(24-14-19)27(16-26(22)3)15-17-8-10-20(30-4)11-9-17/h5-14,16H,15H2,1-4H3/q+1. The fourth-order valence-corrected chi connectivity index (χ4v) is 4.45. The van der Waals surface area contributed by atoms with E-state index in [1.165, 1.54) is 18.4 Å². The average molecular weight is 438 g/mol. The highest BCUT2D eigenvalue weighted by Gasteiger charge is 2.19. The summed E-state index contributed by atoms with van der Waals surface area (Å²) in [6, 6.07) is 16.9. The van der Waals surface area contributed by atoms with Gasteiger partial charge in [-0.3, -0.25) is 4.57 Å². The maximum absolute atomic E-state index is 12.5. The molecule has 4 rings (SSSR count). The number of hydrogen-bond donors (Lipinski definition) is 0. The first-order chi connectivity index (χ1) is 14.8. The summed E-state index contributed by atoms with van der Waals surface area (Å²) in [5.74, 6) is 0.827. The second kappa shape index (κ2) is 8.13. The first-order valence-corrected chi connectivity index (χ1v) is 11.2. The van der Waals surface area contributed by atoms with E-state index in [0.29, 0.717) is 6.54 Å². The molecule has 2 aromatic carbocycles. The van der Waals surface area contributed by atoms with Crippen LogP contribution >= 0.6 is 0 Å². The number of rotatable bonds is 6. The number of aromatic nitrogens is 3. The van der Waals surface area contributed by atoms with Crippen LogP contribution in [0.5, 0.6) is 5.75 Å². The molecule has 2 aromatic heterocycles. The molecule has 2 heterocycles. The Labute approximate surface area is 182 Å². The molecule has 0 aliphatic carbocycles. The van der Waals surface area contributed by atoms with Gasteiger partial charge in [0, 0.05) is 19.7 Å². The van der Waals surface area contributed by atoms with Crippen molar-refractivity contribution in [3.63, 3.8) is 0 Å². The number of aryl methyl sites for hydroxylation is 1. The molecule has 0 amide bonds. The minimum Gasteiger partial charge on any atom is -0.497 e. The molecule has 0 saturated heterocycles. The molecule has 0 saturated carbocycles. The van der Waals surface area contributed by atoms with Gasteiger partial charge in [0.2, 0.25) is 10.0 Å². The number of fused-ring (bicyclic) bond motifs is 1. The summed E-state index contributed by atoms with van der Waals surface area (Å²) in [6.07, 6.45) is 3.80. The fraction of sp³-hybridized carbons (Fsp3) is 0.217. The van der Waals surface area contributed by atoms with Crippen LogP contribution < -0.4 is 9.30 Å². The number of nitrogens with zero attached hydrogens (tertiary/aromatic N) is 4. The van der Waals surface area contributed by atoms with E-state index in [-0.39, 0.29) is 4.90 Å². The molecule has 0 bridgehead atoms. The highest BCUT2D eigenvalue weighted by Crippen LogP contribution is 2.25. The van der Waals surface area contributed by atoms with E-state index in [2.05, 4.69) is 4.57 Å².